The van der Waals surface area contributed by atoms with Gasteiger partial charge in [-0.05, 0) is 17.7 Å². The van der Waals surface area contributed by atoms with Crippen molar-refractivity contribution in [3.8, 4) is 0 Å². The number of para-hydroxylation sites is 1. The zero-order chi connectivity index (χ0) is 14.6. The summed E-state index contributed by atoms with van der Waals surface area (Å²) in [5.41, 5.74) is 6.54. The number of nitrogen functional groups attached to an aromatic ring is 1. The summed E-state index contributed by atoms with van der Waals surface area (Å²) in [5.74, 6) is 0. The van der Waals surface area contributed by atoms with E-state index < -0.39 is 16.1 Å². The average molecular weight is 292 g/mol. The summed E-state index contributed by atoms with van der Waals surface area (Å²) >= 11 is 0. The molecule has 2 rings (SSSR count). The second-order valence-electron chi connectivity index (χ2n) is 4.30. The zero-order valence-electron chi connectivity index (χ0n) is 10.7. The third kappa shape index (κ3) is 3.16. The van der Waals surface area contributed by atoms with Crippen LogP contribution in [0.3, 0.4) is 0 Å². The van der Waals surface area contributed by atoms with E-state index in [1.165, 1.54) is 12.1 Å². The average Bonchev–Trinajstić information content (AvgIpc) is 2.46. The Morgan fingerprint density at radius 3 is 2.25 bits per heavy atom. The van der Waals surface area contributed by atoms with Crippen LogP contribution in [0.15, 0.2) is 59.5 Å². The lowest BCUT2D eigenvalue weighted by Crippen LogP contribution is -2.31. The predicted octanol–water partition coefficient (Wildman–Crippen LogP) is 1.28. The molecule has 0 fully saturated rings. The standard InChI is InChI=1S/C14H16N2O3S/c15-12-8-4-5-9-14(12)20(18,19)16-13(10-17)11-6-2-1-3-7-11/h1-9,13,16-17H,10,15H2/t13-/m1/s1. The molecule has 4 N–H and O–H groups in total. The number of rotatable bonds is 5. The van der Waals surface area contributed by atoms with Crippen molar-refractivity contribution in [2.75, 3.05) is 12.3 Å². The van der Waals surface area contributed by atoms with Crippen molar-refractivity contribution in [3.63, 3.8) is 0 Å². The first-order chi connectivity index (χ1) is 9.54. The number of aliphatic hydroxyl groups excluding tert-OH is 1. The van der Waals surface area contributed by atoms with Crippen molar-refractivity contribution in [3.05, 3.63) is 60.2 Å². The third-order valence-corrected chi connectivity index (χ3v) is 4.44. The van der Waals surface area contributed by atoms with Crippen molar-refractivity contribution in [1.29, 1.82) is 0 Å². The van der Waals surface area contributed by atoms with E-state index in [2.05, 4.69) is 4.72 Å². The van der Waals surface area contributed by atoms with Crippen molar-refractivity contribution < 1.29 is 13.5 Å². The second-order valence-corrected chi connectivity index (χ2v) is 5.99. The number of anilines is 1. The van der Waals surface area contributed by atoms with Crippen LogP contribution in [0, 0.1) is 0 Å². The second kappa shape index (κ2) is 6.04. The van der Waals surface area contributed by atoms with Gasteiger partial charge in [0, 0.05) is 0 Å². The maximum Gasteiger partial charge on any atom is 0.243 e. The van der Waals surface area contributed by atoms with Gasteiger partial charge in [0.05, 0.1) is 18.3 Å². The Bertz CT molecular complexity index is 672. The minimum Gasteiger partial charge on any atom is -0.398 e. The number of nitrogens with two attached hydrogens (primary N) is 1. The predicted molar refractivity (Wildman–Crippen MR) is 77.4 cm³/mol. The van der Waals surface area contributed by atoms with Gasteiger partial charge in [0.1, 0.15) is 4.90 Å². The first-order valence-electron chi connectivity index (χ1n) is 6.07. The highest BCUT2D eigenvalue weighted by Crippen LogP contribution is 2.20. The summed E-state index contributed by atoms with van der Waals surface area (Å²) in [6.07, 6.45) is 0. The first kappa shape index (κ1) is 14.5. The molecule has 2 aromatic rings. The zero-order valence-corrected chi connectivity index (χ0v) is 11.5. The fourth-order valence-corrected chi connectivity index (χ4v) is 3.22. The molecule has 0 heterocycles. The summed E-state index contributed by atoms with van der Waals surface area (Å²) < 4.78 is 27.0. The summed E-state index contributed by atoms with van der Waals surface area (Å²) in [5, 5.41) is 9.40. The maximum atomic E-state index is 12.3. The lowest BCUT2D eigenvalue weighted by Gasteiger charge is -2.17. The highest BCUT2D eigenvalue weighted by atomic mass is 32.2. The smallest absolute Gasteiger partial charge is 0.243 e. The normalized spacial score (nSPS) is 13.1. The number of sulfonamides is 1. The van der Waals surface area contributed by atoms with Crippen molar-refractivity contribution in [1.82, 2.24) is 4.72 Å². The molecule has 0 aliphatic carbocycles. The maximum absolute atomic E-state index is 12.3. The van der Waals surface area contributed by atoms with E-state index in [0.29, 0.717) is 5.56 Å². The van der Waals surface area contributed by atoms with Crippen LogP contribution in [0.1, 0.15) is 11.6 Å². The van der Waals surface area contributed by atoms with Gasteiger partial charge in [-0.1, -0.05) is 42.5 Å². The highest BCUT2D eigenvalue weighted by Gasteiger charge is 2.22. The van der Waals surface area contributed by atoms with E-state index in [9.17, 15) is 13.5 Å². The number of aliphatic hydroxyl groups is 1. The number of nitrogens with one attached hydrogen (secondary N) is 1. The fourth-order valence-electron chi connectivity index (χ4n) is 1.87. The molecule has 0 saturated carbocycles. The Morgan fingerprint density at radius 2 is 1.65 bits per heavy atom. The molecular formula is C14H16N2O3S. The SMILES string of the molecule is Nc1ccccc1S(=O)(=O)N[C@H](CO)c1ccccc1. The molecule has 0 amide bonds. The van der Waals surface area contributed by atoms with Crippen molar-refractivity contribution in [2.24, 2.45) is 0 Å². The van der Waals surface area contributed by atoms with Gasteiger partial charge in [-0.3, -0.25) is 0 Å². The molecule has 5 nitrogen and oxygen atoms in total. The van der Waals surface area contributed by atoms with E-state index in [1.807, 2.05) is 6.07 Å². The molecule has 20 heavy (non-hydrogen) atoms. The number of hydrogen-bond acceptors (Lipinski definition) is 4. The van der Waals surface area contributed by atoms with Gasteiger partial charge in [0.25, 0.3) is 0 Å². The molecule has 0 spiro atoms. The van der Waals surface area contributed by atoms with Crippen LogP contribution in [0.2, 0.25) is 0 Å². The van der Waals surface area contributed by atoms with E-state index in [-0.39, 0.29) is 17.2 Å². The van der Waals surface area contributed by atoms with Gasteiger partial charge in [0.15, 0.2) is 0 Å². The van der Waals surface area contributed by atoms with Crippen LogP contribution in [0.5, 0.6) is 0 Å². The number of hydrogen-bond donors (Lipinski definition) is 3. The van der Waals surface area contributed by atoms with E-state index in [4.69, 9.17) is 5.73 Å². The molecule has 0 unspecified atom stereocenters. The molecule has 6 heteroatoms. The number of benzene rings is 2. The molecule has 0 bridgehead atoms. The van der Waals surface area contributed by atoms with Crippen LogP contribution < -0.4 is 10.5 Å². The van der Waals surface area contributed by atoms with Crippen LogP contribution in [-0.4, -0.2) is 20.1 Å². The molecule has 0 aliphatic rings. The van der Waals surface area contributed by atoms with E-state index >= 15 is 0 Å². The van der Waals surface area contributed by atoms with Gasteiger partial charge < -0.3 is 10.8 Å². The third-order valence-electron chi connectivity index (χ3n) is 2.89. The van der Waals surface area contributed by atoms with Crippen LogP contribution in [0.25, 0.3) is 0 Å². The molecule has 0 radical (unpaired) electrons. The molecule has 0 aromatic heterocycles. The van der Waals surface area contributed by atoms with Crippen LogP contribution in [0.4, 0.5) is 5.69 Å². The Morgan fingerprint density at radius 1 is 1.05 bits per heavy atom. The van der Waals surface area contributed by atoms with Gasteiger partial charge in [-0.15, -0.1) is 0 Å². The van der Waals surface area contributed by atoms with Crippen LogP contribution >= 0.6 is 0 Å². The summed E-state index contributed by atoms with van der Waals surface area (Å²) in [7, 11) is -3.79. The largest absolute Gasteiger partial charge is 0.398 e. The summed E-state index contributed by atoms with van der Waals surface area (Å²) in [4.78, 5) is 0.00869. The highest BCUT2D eigenvalue weighted by molar-refractivity contribution is 7.89. The van der Waals surface area contributed by atoms with Gasteiger partial charge >= 0.3 is 0 Å². The van der Waals surface area contributed by atoms with E-state index in [0.717, 1.165) is 0 Å². The lowest BCUT2D eigenvalue weighted by atomic mass is 10.1. The molecule has 106 valence electrons. The monoisotopic (exact) mass is 292 g/mol. The lowest BCUT2D eigenvalue weighted by molar-refractivity contribution is 0.259. The quantitative estimate of drug-likeness (QED) is 0.724. The minimum atomic E-state index is -3.79. The van der Waals surface area contributed by atoms with Gasteiger partial charge in [0.2, 0.25) is 10.0 Å². The molecule has 0 aliphatic heterocycles. The van der Waals surface area contributed by atoms with Crippen molar-refractivity contribution >= 4 is 15.7 Å². The Hall–Kier alpha value is -1.89. The summed E-state index contributed by atoms with van der Waals surface area (Å²) in [6, 6.07) is 14.4. The molecule has 0 saturated heterocycles. The molecular weight excluding hydrogens is 276 g/mol. The topological polar surface area (TPSA) is 92.4 Å². The van der Waals surface area contributed by atoms with Gasteiger partial charge in [-0.25, -0.2) is 13.1 Å². The minimum absolute atomic E-state index is 0.00869. The van der Waals surface area contributed by atoms with Crippen LogP contribution in [-0.2, 0) is 10.0 Å². The Kier molecular flexibility index (Phi) is 4.39. The van der Waals surface area contributed by atoms with E-state index in [1.54, 1.807) is 36.4 Å². The first-order valence-corrected chi connectivity index (χ1v) is 7.55. The fraction of sp³-hybridized carbons (Fsp3) is 0.143. The summed E-state index contributed by atoms with van der Waals surface area (Å²) in [6.45, 7) is -0.337. The Labute approximate surface area is 118 Å². The molecule has 1 atom stereocenters. The van der Waals surface area contributed by atoms with Crippen molar-refractivity contribution in [2.45, 2.75) is 10.9 Å². The Balaban J connectivity index is 2.30. The molecule has 2 aromatic carbocycles. The van der Waals surface area contributed by atoms with Gasteiger partial charge in [-0.2, -0.15) is 0 Å².